The Hall–Kier alpha value is 0.460. The van der Waals surface area contributed by atoms with Crippen molar-refractivity contribution in [3.05, 3.63) is 24.5 Å². The highest BCUT2D eigenvalue weighted by molar-refractivity contribution is 9.11. The Kier molecular flexibility index (Phi) is 3.23. The van der Waals surface area contributed by atoms with Crippen molar-refractivity contribution in [1.29, 1.82) is 0 Å². The van der Waals surface area contributed by atoms with Crippen LogP contribution in [0.4, 0.5) is 0 Å². The Bertz CT molecular complexity index is 229. The monoisotopic (exact) mass is 355 g/mol. The molecule has 0 spiro atoms. The van der Waals surface area contributed by atoms with Crippen LogP contribution in [0.3, 0.4) is 0 Å². The molecule has 0 saturated carbocycles. The summed E-state index contributed by atoms with van der Waals surface area (Å²) in [5, 5.41) is 11.4. The highest BCUT2D eigenvalue weighted by Gasteiger charge is 2.15. The van der Waals surface area contributed by atoms with Crippen LogP contribution in [0.15, 0.2) is 13.4 Å². The fraction of sp³-hybridized carbons (Fsp3) is 0.250. The van der Waals surface area contributed by atoms with Crippen molar-refractivity contribution in [3.8, 4) is 5.75 Å². The Labute approximate surface area is 96.6 Å². The Morgan fingerprint density at radius 2 is 1.17 bits per heavy atom. The average molecular weight is 358 g/mol. The normalized spacial score (nSPS) is 10.4. The summed E-state index contributed by atoms with van der Waals surface area (Å²) in [4.78, 5) is 0. The molecule has 0 N–H and O–H groups in total. The lowest BCUT2D eigenvalue weighted by molar-refractivity contribution is 0.348. The molecule has 1 aromatic rings. The molecule has 0 aliphatic rings. The second kappa shape index (κ2) is 3.68. The lowest BCUT2D eigenvalue weighted by atomic mass is 10.1. The van der Waals surface area contributed by atoms with Crippen LogP contribution in [0.25, 0.3) is 0 Å². The minimum Gasteiger partial charge on any atom is -0.287 e. The van der Waals surface area contributed by atoms with E-state index in [4.69, 9.17) is 0 Å². The number of hydrogen-bond acceptors (Lipinski definition) is 0. The minimum absolute atomic E-state index is 0.00759. The molecule has 1 rings (SSSR count). The molecular weight excluding hydrogens is 352 g/mol. The SMILES string of the molecule is Cc1c(Br)c(C)c(Br)c([O])c1Br. The molecule has 0 saturated heterocycles. The van der Waals surface area contributed by atoms with Gasteiger partial charge in [-0.2, -0.15) is 0 Å². The van der Waals surface area contributed by atoms with Crippen LogP contribution in [-0.2, 0) is 5.11 Å². The molecule has 0 amide bonds. The van der Waals surface area contributed by atoms with Crippen molar-refractivity contribution in [2.24, 2.45) is 0 Å². The Morgan fingerprint density at radius 3 is 1.50 bits per heavy atom. The summed E-state index contributed by atoms with van der Waals surface area (Å²) in [6.45, 7) is 3.80. The highest BCUT2D eigenvalue weighted by Crippen LogP contribution is 2.42. The van der Waals surface area contributed by atoms with Gasteiger partial charge in [-0.3, -0.25) is 5.11 Å². The summed E-state index contributed by atoms with van der Waals surface area (Å²) in [5.41, 5.74) is 1.89. The number of rotatable bonds is 0. The van der Waals surface area contributed by atoms with E-state index in [9.17, 15) is 5.11 Å². The van der Waals surface area contributed by atoms with Gasteiger partial charge in [0.1, 0.15) is 0 Å². The maximum Gasteiger partial charge on any atom is 0.207 e. The van der Waals surface area contributed by atoms with Crippen molar-refractivity contribution in [2.45, 2.75) is 13.8 Å². The first-order chi connectivity index (χ1) is 5.46. The summed E-state index contributed by atoms with van der Waals surface area (Å²) < 4.78 is 2.21. The van der Waals surface area contributed by atoms with Crippen molar-refractivity contribution < 1.29 is 5.11 Å². The first-order valence-electron chi connectivity index (χ1n) is 3.27. The number of benzene rings is 1. The molecule has 0 atom stereocenters. The van der Waals surface area contributed by atoms with Crippen LogP contribution >= 0.6 is 47.8 Å². The topological polar surface area (TPSA) is 19.9 Å². The smallest absolute Gasteiger partial charge is 0.207 e. The third kappa shape index (κ3) is 1.56. The van der Waals surface area contributed by atoms with Crippen LogP contribution in [0.1, 0.15) is 11.1 Å². The summed E-state index contributed by atoms with van der Waals surface area (Å²) in [5.74, 6) is 0.00759. The molecule has 0 fully saturated rings. The van der Waals surface area contributed by atoms with E-state index in [1.807, 2.05) is 13.8 Å². The van der Waals surface area contributed by atoms with Crippen LogP contribution in [0.2, 0.25) is 0 Å². The molecule has 65 valence electrons. The third-order valence-electron chi connectivity index (χ3n) is 1.72. The van der Waals surface area contributed by atoms with E-state index in [-0.39, 0.29) is 5.75 Å². The van der Waals surface area contributed by atoms with E-state index < -0.39 is 0 Å². The quantitative estimate of drug-likeness (QED) is 0.639. The largest absolute Gasteiger partial charge is 0.287 e. The molecular formula is C8H6Br3O. The predicted octanol–water partition coefficient (Wildman–Crippen LogP) is 4.73. The van der Waals surface area contributed by atoms with E-state index in [0.29, 0.717) is 8.95 Å². The van der Waals surface area contributed by atoms with Crippen molar-refractivity contribution >= 4 is 47.8 Å². The zero-order chi connectivity index (χ0) is 9.46. The van der Waals surface area contributed by atoms with Gasteiger partial charge >= 0.3 is 0 Å². The molecule has 0 bridgehead atoms. The lowest BCUT2D eigenvalue weighted by Gasteiger charge is -2.08. The highest BCUT2D eigenvalue weighted by atomic mass is 79.9. The average Bonchev–Trinajstić information content (AvgIpc) is 2.08. The molecule has 1 radical (unpaired) electrons. The predicted molar refractivity (Wildman–Crippen MR) is 59.1 cm³/mol. The van der Waals surface area contributed by atoms with Crippen LogP contribution in [-0.4, -0.2) is 0 Å². The van der Waals surface area contributed by atoms with Gasteiger partial charge in [0.15, 0.2) is 0 Å². The molecule has 1 aromatic carbocycles. The van der Waals surface area contributed by atoms with E-state index in [0.717, 1.165) is 15.6 Å². The van der Waals surface area contributed by atoms with Gasteiger partial charge in [-0.15, -0.1) is 0 Å². The first-order valence-corrected chi connectivity index (χ1v) is 5.65. The maximum absolute atomic E-state index is 11.4. The van der Waals surface area contributed by atoms with E-state index in [1.165, 1.54) is 0 Å². The van der Waals surface area contributed by atoms with Gasteiger partial charge in [-0.25, -0.2) is 0 Å². The van der Waals surface area contributed by atoms with Gasteiger partial charge in [-0.05, 0) is 56.8 Å². The fourth-order valence-corrected chi connectivity index (χ4v) is 2.90. The first kappa shape index (κ1) is 10.5. The van der Waals surface area contributed by atoms with Gasteiger partial charge in [0.05, 0.1) is 8.95 Å². The molecule has 0 aliphatic carbocycles. The lowest BCUT2D eigenvalue weighted by Crippen LogP contribution is -1.86. The van der Waals surface area contributed by atoms with Crippen molar-refractivity contribution in [2.75, 3.05) is 0 Å². The third-order valence-corrected chi connectivity index (χ3v) is 4.81. The van der Waals surface area contributed by atoms with E-state index in [1.54, 1.807) is 0 Å². The van der Waals surface area contributed by atoms with Crippen LogP contribution in [0.5, 0.6) is 5.75 Å². The maximum atomic E-state index is 11.4. The summed E-state index contributed by atoms with van der Waals surface area (Å²) in [6.07, 6.45) is 0. The Balaban J connectivity index is 3.60. The molecule has 0 heterocycles. The second-order valence-electron chi connectivity index (χ2n) is 2.52. The van der Waals surface area contributed by atoms with Gasteiger partial charge in [0.25, 0.3) is 0 Å². The molecule has 0 unspecified atom stereocenters. The van der Waals surface area contributed by atoms with Crippen LogP contribution < -0.4 is 0 Å². The van der Waals surface area contributed by atoms with Crippen molar-refractivity contribution in [1.82, 2.24) is 0 Å². The second-order valence-corrected chi connectivity index (χ2v) is 4.90. The van der Waals surface area contributed by atoms with Crippen LogP contribution in [0, 0.1) is 13.8 Å². The zero-order valence-corrected chi connectivity index (χ0v) is 11.3. The summed E-state index contributed by atoms with van der Waals surface area (Å²) >= 11 is 9.90. The molecule has 12 heavy (non-hydrogen) atoms. The van der Waals surface area contributed by atoms with Gasteiger partial charge in [0.2, 0.25) is 5.75 Å². The molecule has 0 aromatic heterocycles. The fourth-order valence-electron chi connectivity index (χ4n) is 0.911. The molecule has 4 heteroatoms. The Morgan fingerprint density at radius 1 is 0.833 bits per heavy atom. The van der Waals surface area contributed by atoms with Gasteiger partial charge in [0, 0.05) is 4.47 Å². The molecule has 1 nitrogen and oxygen atoms in total. The number of hydrogen-bond donors (Lipinski definition) is 0. The number of halogens is 3. The summed E-state index contributed by atoms with van der Waals surface area (Å²) in [6, 6.07) is 0. The van der Waals surface area contributed by atoms with Gasteiger partial charge < -0.3 is 0 Å². The van der Waals surface area contributed by atoms with Crippen molar-refractivity contribution in [3.63, 3.8) is 0 Å². The molecule has 0 aliphatic heterocycles. The standard InChI is InChI=1S/C8H6Br3O/c1-3-5(9)4(2)7(11)8(12)6(3)10/h1-2H3. The van der Waals surface area contributed by atoms with E-state index >= 15 is 0 Å². The van der Waals surface area contributed by atoms with Gasteiger partial charge in [-0.1, -0.05) is 15.9 Å². The minimum atomic E-state index is 0.00759. The zero-order valence-electron chi connectivity index (χ0n) is 6.54. The van der Waals surface area contributed by atoms with E-state index in [2.05, 4.69) is 47.8 Å². The summed E-state index contributed by atoms with van der Waals surface area (Å²) in [7, 11) is 0.